The summed E-state index contributed by atoms with van der Waals surface area (Å²) in [6.45, 7) is 1.96. The molecule has 0 aliphatic rings. The number of hydrogen-bond donors (Lipinski definition) is 1. The summed E-state index contributed by atoms with van der Waals surface area (Å²) >= 11 is 6.11. The molecule has 3 nitrogen and oxygen atoms in total. The Kier molecular flexibility index (Phi) is 4.60. The first-order chi connectivity index (χ1) is 7.60. The lowest BCUT2D eigenvalue weighted by molar-refractivity contribution is 0.282. The molecule has 1 unspecified atom stereocenters. The highest BCUT2D eigenvalue weighted by Crippen LogP contribution is 2.27. The Balaban J connectivity index is 2.92. The maximum absolute atomic E-state index is 8.97. The summed E-state index contributed by atoms with van der Waals surface area (Å²) in [6, 6.07) is 7.68. The van der Waals surface area contributed by atoms with Gasteiger partial charge >= 0.3 is 0 Å². The predicted molar refractivity (Wildman–Crippen MR) is 65.5 cm³/mol. The number of halogens is 1. The third-order valence-corrected chi connectivity index (χ3v) is 2.93. The molecule has 86 valence electrons. The lowest BCUT2D eigenvalue weighted by Gasteiger charge is -2.26. The zero-order chi connectivity index (χ0) is 12.1. The Morgan fingerprint density at radius 2 is 2.25 bits per heavy atom. The van der Waals surface area contributed by atoms with Crippen molar-refractivity contribution in [2.75, 3.05) is 11.9 Å². The molecule has 0 aliphatic carbocycles. The predicted octanol–water partition coefficient (Wildman–Crippen LogP) is 2.57. The van der Waals surface area contributed by atoms with E-state index in [1.807, 2.05) is 31.0 Å². The molecule has 1 aromatic carbocycles. The Bertz CT molecular complexity index is 400. The van der Waals surface area contributed by atoms with Crippen molar-refractivity contribution in [1.82, 2.24) is 0 Å². The Hall–Kier alpha value is -1.24. The van der Waals surface area contributed by atoms with Crippen LogP contribution in [0.2, 0.25) is 5.02 Å². The third kappa shape index (κ3) is 2.88. The molecule has 1 rings (SSSR count). The van der Waals surface area contributed by atoms with Crippen LogP contribution in [0.4, 0.5) is 5.69 Å². The maximum atomic E-state index is 8.97. The van der Waals surface area contributed by atoms with E-state index in [0.717, 1.165) is 11.3 Å². The molecule has 0 radical (unpaired) electrons. The van der Waals surface area contributed by atoms with Crippen LogP contribution in [-0.2, 0) is 6.61 Å². The fraction of sp³-hybridized carbons (Fsp3) is 0.417. The first-order valence-corrected chi connectivity index (χ1v) is 5.47. The van der Waals surface area contributed by atoms with Crippen molar-refractivity contribution in [3.63, 3.8) is 0 Å². The summed E-state index contributed by atoms with van der Waals surface area (Å²) in [5.74, 6) is 0. The smallest absolute Gasteiger partial charge is 0.0682 e. The van der Waals surface area contributed by atoms with Crippen LogP contribution in [0.15, 0.2) is 18.2 Å². The van der Waals surface area contributed by atoms with Crippen LogP contribution in [0.25, 0.3) is 0 Å². The molecule has 1 N–H and O–H groups in total. The second-order valence-corrected chi connectivity index (χ2v) is 4.17. The molecule has 0 saturated carbocycles. The number of anilines is 1. The minimum Gasteiger partial charge on any atom is -0.392 e. The zero-order valence-electron chi connectivity index (χ0n) is 9.44. The molecule has 4 heteroatoms. The fourth-order valence-electron chi connectivity index (χ4n) is 1.44. The number of rotatable bonds is 4. The summed E-state index contributed by atoms with van der Waals surface area (Å²) in [6.07, 6.45) is 0.453. The van der Waals surface area contributed by atoms with Crippen molar-refractivity contribution in [2.45, 2.75) is 26.0 Å². The van der Waals surface area contributed by atoms with Gasteiger partial charge in [-0.05, 0) is 24.6 Å². The molecule has 1 aromatic rings. The van der Waals surface area contributed by atoms with Crippen LogP contribution in [0, 0.1) is 11.3 Å². The summed E-state index contributed by atoms with van der Waals surface area (Å²) in [5.41, 5.74) is 1.66. The molecular weight excluding hydrogens is 224 g/mol. The minimum atomic E-state index is -0.0164. The molecule has 1 atom stereocenters. The summed E-state index contributed by atoms with van der Waals surface area (Å²) < 4.78 is 0. The number of hydrogen-bond acceptors (Lipinski definition) is 3. The van der Waals surface area contributed by atoms with E-state index in [2.05, 4.69) is 6.07 Å². The maximum Gasteiger partial charge on any atom is 0.0682 e. The molecule has 0 saturated heterocycles. The van der Waals surface area contributed by atoms with Crippen LogP contribution < -0.4 is 4.90 Å². The van der Waals surface area contributed by atoms with Crippen molar-refractivity contribution in [3.8, 4) is 6.07 Å². The van der Waals surface area contributed by atoms with E-state index < -0.39 is 0 Å². The largest absolute Gasteiger partial charge is 0.392 e. The number of aliphatic hydroxyl groups excluding tert-OH is 1. The second-order valence-electron chi connectivity index (χ2n) is 3.77. The summed E-state index contributed by atoms with van der Waals surface area (Å²) in [7, 11) is 1.90. The summed E-state index contributed by atoms with van der Waals surface area (Å²) in [4.78, 5) is 1.96. The average Bonchev–Trinajstić information content (AvgIpc) is 2.28. The van der Waals surface area contributed by atoms with Gasteiger partial charge in [-0.25, -0.2) is 0 Å². The van der Waals surface area contributed by atoms with Crippen molar-refractivity contribution in [1.29, 1.82) is 5.26 Å². The van der Waals surface area contributed by atoms with Crippen molar-refractivity contribution < 1.29 is 5.11 Å². The fourth-order valence-corrected chi connectivity index (χ4v) is 1.78. The van der Waals surface area contributed by atoms with Gasteiger partial charge in [-0.3, -0.25) is 0 Å². The first kappa shape index (κ1) is 12.8. The zero-order valence-corrected chi connectivity index (χ0v) is 10.2. The quantitative estimate of drug-likeness (QED) is 0.877. The highest BCUT2D eigenvalue weighted by atomic mass is 35.5. The van der Waals surface area contributed by atoms with E-state index >= 15 is 0 Å². The van der Waals surface area contributed by atoms with Crippen molar-refractivity contribution in [2.24, 2.45) is 0 Å². The molecule has 0 spiro atoms. The van der Waals surface area contributed by atoms with E-state index in [0.29, 0.717) is 11.4 Å². The number of nitrogens with zero attached hydrogens (tertiary/aromatic N) is 2. The highest BCUT2D eigenvalue weighted by Gasteiger charge is 2.12. The molecular formula is C12H15ClN2O. The molecule has 0 bridgehead atoms. The molecule has 0 aliphatic heterocycles. The van der Waals surface area contributed by atoms with Crippen LogP contribution in [0.3, 0.4) is 0 Å². The first-order valence-electron chi connectivity index (χ1n) is 5.09. The van der Waals surface area contributed by atoms with Crippen LogP contribution in [0.5, 0.6) is 0 Å². The topological polar surface area (TPSA) is 47.3 Å². The van der Waals surface area contributed by atoms with E-state index in [-0.39, 0.29) is 12.6 Å². The van der Waals surface area contributed by atoms with Gasteiger partial charge in [-0.1, -0.05) is 17.7 Å². The van der Waals surface area contributed by atoms with Gasteiger partial charge in [0.15, 0.2) is 0 Å². The van der Waals surface area contributed by atoms with Gasteiger partial charge < -0.3 is 10.0 Å². The SMILES string of the molecule is CC(CC#N)N(C)c1ccc(CO)cc1Cl. The van der Waals surface area contributed by atoms with Gasteiger partial charge in [-0.15, -0.1) is 0 Å². The normalized spacial score (nSPS) is 11.9. The standard InChI is InChI=1S/C12H15ClN2O/c1-9(5-6-14)15(2)12-4-3-10(8-16)7-11(12)13/h3-4,7,9,16H,5,8H2,1-2H3. The van der Waals surface area contributed by atoms with Gasteiger partial charge in [0, 0.05) is 13.1 Å². The number of benzene rings is 1. The van der Waals surface area contributed by atoms with E-state index in [4.69, 9.17) is 22.0 Å². The Morgan fingerprint density at radius 1 is 1.56 bits per heavy atom. The number of aliphatic hydroxyl groups is 1. The van der Waals surface area contributed by atoms with Gasteiger partial charge in [0.05, 0.1) is 29.8 Å². The monoisotopic (exact) mass is 238 g/mol. The molecule has 0 fully saturated rings. The Morgan fingerprint density at radius 3 is 2.75 bits per heavy atom. The molecule has 0 amide bonds. The molecule has 16 heavy (non-hydrogen) atoms. The molecule has 0 aromatic heterocycles. The average molecular weight is 239 g/mol. The lowest BCUT2D eigenvalue weighted by Crippen LogP contribution is -2.28. The van der Waals surface area contributed by atoms with E-state index in [1.54, 1.807) is 6.07 Å². The highest BCUT2D eigenvalue weighted by molar-refractivity contribution is 6.33. The van der Waals surface area contributed by atoms with Gasteiger partial charge in [0.2, 0.25) is 0 Å². The van der Waals surface area contributed by atoms with Crippen molar-refractivity contribution in [3.05, 3.63) is 28.8 Å². The minimum absolute atomic E-state index is 0.0164. The van der Waals surface area contributed by atoms with Gasteiger partial charge in [0.1, 0.15) is 0 Å². The van der Waals surface area contributed by atoms with Crippen molar-refractivity contribution >= 4 is 17.3 Å². The second kappa shape index (κ2) is 5.74. The third-order valence-electron chi connectivity index (χ3n) is 2.62. The van der Waals surface area contributed by atoms with E-state index in [9.17, 15) is 0 Å². The van der Waals surface area contributed by atoms with E-state index in [1.165, 1.54) is 0 Å². The molecule has 0 heterocycles. The number of nitriles is 1. The van der Waals surface area contributed by atoms with Crippen LogP contribution in [0.1, 0.15) is 18.9 Å². The summed E-state index contributed by atoms with van der Waals surface area (Å²) in [5, 5.41) is 18.2. The van der Waals surface area contributed by atoms with Crippen LogP contribution in [-0.4, -0.2) is 18.2 Å². The lowest BCUT2D eigenvalue weighted by atomic mass is 10.1. The van der Waals surface area contributed by atoms with Gasteiger partial charge in [0.25, 0.3) is 0 Å². The van der Waals surface area contributed by atoms with Crippen LogP contribution >= 0.6 is 11.6 Å². The van der Waals surface area contributed by atoms with Gasteiger partial charge in [-0.2, -0.15) is 5.26 Å². The Labute approximate surface area is 101 Å².